The summed E-state index contributed by atoms with van der Waals surface area (Å²) in [5.41, 5.74) is 8.67. The van der Waals surface area contributed by atoms with E-state index in [1.54, 1.807) is 0 Å². The zero-order valence-electron chi connectivity index (χ0n) is 16.9. The van der Waals surface area contributed by atoms with Crippen LogP contribution in [0.5, 0.6) is 0 Å². The van der Waals surface area contributed by atoms with E-state index in [-0.39, 0.29) is 17.5 Å². The summed E-state index contributed by atoms with van der Waals surface area (Å²) in [6, 6.07) is 7.54. The van der Waals surface area contributed by atoms with Gasteiger partial charge in [-0.3, -0.25) is 9.11 Å². The summed E-state index contributed by atoms with van der Waals surface area (Å²) in [7, 11) is -2.57. The Morgan fingerprint density at radius 3 is 2.67 bits per heavy atom. The summed E-state index contributed by atoms with van der Waals surface area (Å²) >= 11 is 0. The predicted octanol–water partition coefficient (Wildman–Crippen LogP) is 3.62. The van der Waals surface area contributed by atoms with Crippen LogP contribution in [0.2, 0.25) is 0 Å². The minimum absolute atomic E-state index is 0.143. The first-order valence-electron chi connectivity index (χ1n) is 10.1. The second kappa shape index (κ2) is 7.93. The Kier molecular flexibility index (Phi) is 5.48. The molecule has 4 rings (SSSR count). The largest absolute Gasteiger partial charge is 0.465 e. The lowest BCUT2D eigenvalue weighted by Gasteiger charge is -2.50. The fourth-order valence-corrected chi connectivity index (χ4v) is 5.64. The molecule has 0 radical (unpaired) electrons. The van der Waals surface area contributed by atoms with E-state index in [0.29, 0.717) is 30.8 Å². The van der Waals surface area contributed by atoms with Crippen LogP contribution in [0, 0.1) is 0 Å². The number of benzene rings is 1. The van der Waals surface area contributed by atoms with Gasteiger partial charge in [0.15, 0.2) is 5.82 Å². The van der Waals surface area contributed by atoms with Crippen molar-refractivity contribution in [3.8, 4) is 0 Å². The van der Waals surface area contributed by atoms with Crippen LogP contribution in [0.1, 0.15) is 25.6 Å². The molecule has 0 spiro atoms. The summed E-state index contributed by atoms with van der Waals surface area (Å²) in [5, 5.41) is 10.5. The number of rotatable bonds is 7. The lowest BCUT2D eigenvalue weighted by molar-refractivity contribution is 0.127. The lowest BCUT2D eigenvalue weighted by Crippen LogP contribution is -2.53. The number of nitrogens with two attached hydrogens (primary N) is 1. The van der Waals surface area contributed by atoms with E-state index in [1.165, 1.54) is 4.90 Å². The number of hydrogen-bond acceptors (Lipinski definition) is 6. The molecule has 1 aliphatic rings. The minimum atomic E-state index is -2.57. The third kappa shape index (κ3) is 3.78. The van der Waals surface area contributed by atoms with Gasteiger partial charge in [-0.15, -0.1) is 0 Å². The lowest BCUT2D eigenvalue weighted by atomic mass is 10.2. The molecule has 1 fully saturated rings. The van der Waals surface area contributed by atoms with Crippen LogP contribution in [0.25, 0.3) is 21.9 Å². The second-order valence-electron chi connectivity index (χ2n) is 7.72. The van der Waals surface area contributed by atoms with E-state index in [9.17, 15) is 19.0 Å². The third-order valence-electron chi connectivity index (χ3n) is 5.64. The average molecular weight is 434 g/mol. The highest BCUT2D eigenvalue weighted by atomic mass is 32.3. The van der Waals surface area contributed by atoms with Crippen molar-refractivity contribution in [1.29, 1.82) is 0 Å². The SMILES string of the molecule is CCc1nc2c(N)nc3ccccc3c2n1CCCCN(C(=O)O)C1CS(O)(O)C1. The molecule has 0 aliphatic carbocycles. The van der Waals surface area contributed by atoms with Crippen LogP contribution >= 0.6 is 10.6 Å². The number of imidazole rings is 1. The smallest absolute Gasteiger partial charge is 0.407 e. The van der Waals surface area contributed by atoms with Crippen LogP contribution in [-0.4, -0.2) is 63.8 Å². The van der Waals surface area contributed by atoms with Gasteiger partial charge in [0.05, 0.1) is 28.6 Å². The van der Waals surface area contributed by atoms with Crippen LogP contribution in [0.3, 0.4) is 0 Å². The number of nitrogens with zero attached hydrogens (tertiary/aromatic N) is 4. The van der Waals surface area contributed by atoms with Crippen LogP contribution in [0.4, 0.5) is 10.6 Å². The molecule has 0 unspecified atom stereocenters. The maximum absolute atomic E-state index is 11.6. The molecule has 10 heteroatoms. The molecule has 3 heterocycles. The van der Waals surface area contributed by atoms with E-state index < -0.39 is 16.7 Å². The van der Waals surface area contributed by atoms with Gasteiger partial charge in [-0.25, -0.2) is 14.8 Å². The van der Waals surface area contributed by atoms with Crippen molar-refractivity contribution in [2.24, 2.45) is 0 Å². The molecule has 0 atom stereocenters. The molecule has 5 N–H and O–H groups in total. The van der Waals surface area contributed by atoms with Crippen molar-refractivity contribution in [3.63, 3.8) is 0 Å². The zero-order valence-corrected chi connectivity index (χ0v) is 17.7. The highest BCUT2D eigenvalue weighted by molar-refractivity contribution is 8.25. The Morgan fingerprint density at radius 1 is 1.27 bits per heavy atom. The Balaban J connectivity index is 1.52. The molecule has 3 aromatic rings. The number of aryl methyl sites for hydroxylation is 2. The number of hydrogen-bond donors (Lipinski definition) is 4. The molecule has 1 saturated heterocycles. The first-order chi connectivity index (χ1) is 14.3. The van der Waals surface area contributed by atoms with Gasteiger partial charge in [-0.05, 0) is 18.9 Å². The molecular formula is C20H27N5O4S. The molecule has 0 bridgehead atoms. The fraction of sp³-hybridized carbons (Fsp3) is 0.450. The number of aromatic nitrogens is 3. The predicted molar refractivity (Wildman–Crippen MR) is 119 cm³/mol. The van der Waals surface area contributed by atoms with Crippen molar-refractivity contribution in [3.05, 3.63) is 30.1 Å². The standard InChI is InChI=1S/C20H27N5O4S/c1-2-16-23-17-18(14-7-3-4-8-15(14)22-19(17)21)25(16)10-6-5-9-24(20(26)27)13-11-30(28,29)12-13/h3-4,7-8,13,28-29H,2,5-6,9-12H2,1H3,(H2,21,22)(H,26,27). The number of carbonyl (C=O) groups is 1. The maximum atomic E-state index is 11.6. The van der Waals surface area contributed by atoms with Gasteiger partial charge >= 0.3 is 6.09 Å². The number of carboxylic acid groups (broad SMARTS) is 1. The summed E-state index contributed by atoms with van der Waals surface area (Å²) in [6.07, 6.45) is 1.18. The normalized spacial score (nSPS) is 17.2. The topological polar surface area (TPSA) is 138 Å². The van der Waals surface area contributed by atoms with Crippen LogP contribution < -0.4 is 5.73 Å². The second-order valence-corrected chi connectivity index (χ2v) is 9.99. The van der Waals surface area contributed by atoms with Gasteiger partial charge in [0.2, 0.25) is 0 Å². The third-order valence-corrected chi connectivity index (χ3v) is 7.48. The van der Waals surface area contributed by atoms with Crippen molar-refractivity contribution in [1.82, 2.24) is 19.4 Å². The van der Waals surface area contributed by atoms with Gasteiger partial charge in [-0.2, -0.15) is 10.6 Å². The van der Waals surface area contributed by atoms with Gasteiger partial charge < -0.3 is 20.3 Å². The van der Waals surface area contributed by atoms with E-state index in [2.05, 4.69) is 9.55 Å². The number of fused-ring (bicyclic) bond motifs is 3. The molecule has 162 valence electrons. The zero-order chi connectivity index (χ0) is 21.5. The highest BCUT2D eigenvalue weighted by Crippen LogP contribution is 2.50. The summed E-state index contributed by atoms with van der Waals surface area (Å²) in [4.78, 5) is 22.1. The summed E-state index contributed by atoms with van der Waals surface area (Å²) in [6.45, 7) is 3.11. The molecule has 30 heavy (non-hydrogen) atoms. The van der Waals surface area contributed by atoms with E-state index in [0.717, 1.165) is 35.1 Å². The number of unbranched alkanes of at least 4 members (excludes halogenated alkanes) is 1. The van der Waals surface area contributed by atoms with Gasteiger partial charge in [-0.1, -0.05) is 25.1 Å². The van der Waals surface area contributed by atoms with Crippen LogP contribution in [-0.2, 0) is 13.0 Å². The molecule has 1 aromatic carbocycles. The van der Waals surface area contributed by atoms with E-state index in [4.69, 9.17) is 10.7 Å². The maximum Gasteiger partial charge on any atom is 0.407 e. The Morgan fingerprint density at radius 2 is 2.00 bits per heavy atom. The molecule has 2 aromatic heterocycles. The number of para-hydroxylation sites is 1. The van der Waals surface area contributed by atoms with E-state index in [1.807, 2.05) is 31.2 Å². The molecular weight excluding hydrogens is 406 g/mol. The molecule has 1 aliphatic heterocycles. The number of anilines is 1. The van der Waals surface area contributed by atoms with Crippen molar-refractivity contribution in [2.45, 2.75) is 38.8 Å². The van der Waals surface area contributed by atoms with Gasteiger partial charge in [0.1, 0.15) is 11.3 Å². The Labute approximate surface area is 175 Å². The Bertz CT molecular complexity index is 1090. The highest BCUT2D eigenvalue weighted by Gasteiger charge is 2.39. The van der Waals surface area contributed by atoms with Gasteiger partial charge in [0.25, 0.3) is 0 Å². The number of pyridine rings is 1. The minimum Gasteiger partial charge on any atom is -0.465 e. The summed E-state index contributed by atoms with van der Waals surface area (Å²) in [5.74, 6) is 1.63. The molecule has 9 nitrogen and oxygen atoms in total. The van der Waals surface area contributed by atoms with Crippen LogP contribution in [0.15, 0.2) is 24.3 Å². The quantitative estimate of drug-likeness (QED) is 0.417. The first-order valence-corrected chi connectivity index (χ1v) is 12.0. The number of nitrogen functional groups attached to an aromatic ring is 1. The van der Waals surface area contributed by atoms with Crippen molar-refractivity contribution >= 4 is 44.4 Å². The first kappa shape index (κ1) is 20.7. The van der Waals surface area contributed by atoms with E-state index >= 15 is 0 Å². The van der Waals surface area contributed by atoms with Crippen molar-refractivity contribution in [2.75, 3.05) is 23.8 Å². The monoisotopic (exact) mass is 433 g/mol. The molecule has 1 amide bonds. The van der Waals surface area contributed by atoms with Gasteiger partial charge in [0, 0.05) is 24.9 Å². The van der Waals surface area contributed by atoms with Crippen molar-refractivity contribution < 1.29 is 19.0 Å². The molecule has 0 saturated carbocycles. The Hall–Kier alpha value is -2.56. The average Bonchev–Trinajstić information content (AvgIpc) is 3.05. The summed E-state index contributed by atoms with van der Waals surface area (Å²) < 4.78 is 21.3. The fourth-order valence-electron chi connectivity index (χ4n) is 4.15. The number of amides is 1.